The molecule has 0 radical (unpaired) electrons. The summed E-state index contributed by atoms with van der Waals surface area (Å²) in [6, 6.07) is 3.85. The van der Waals surface area contributed by atoms with Gasteiger partial charge >= 0.3 is 0 Å². The van der Waals surface area contributed by atoms with Crippen LogP contribution in [0.3, 0.4) is 0 Å². The van der Waals surface area contributed by atoms with Crippen molar-refractivity contribution in [3.63, 3.8) is 0 Å². The van der Waals surface area contributed by atoms with E-state index in [0.717, 1.165) is 6.54 Å². The molecule has 2 amide bonds. The van der Waals surface area contributed by atoms with Crippen LogP contribution >= 0.6 is 12.4 Å². The Bertz CT molecular complexity index is 471. The molecule has 0 spiro atoms. The van der Waals surface area contributed by atoms with Crippen LogP contribution in [0.4, 0.5) is 0 Å². The van der Waals surface area contributed by atoms with Gasteiger partial charge in [-0.2, -0.15) is 0 Å². The zero-order valence-electron chi connectivity index (χ0n) is 14.0. The molecule has 7 heteroatoms. The summed E-state index contributed by atoms with van der Waals surface area (Å²) < 4.78 is 4.98. The van der Waals surface area contributed by atoms with Crippen molar-refractivity contribution in [3.05, 3.63) is 24.2 Å². The van der Waals surface area contributed by atoms with Gasteiger partial charge in [0.25, 0.3) is 5.91 Å². The second kappa shape index (κ2) is 11.9. The van der Waals surface area contributed by atoms with Crippen LogP contribution in [-0.4, -0.2) is 37.5 Å². The Morgan fingerprint density at radius 3 is 2.46 bits per heavy atom. The van der Waals surface area contributed by atoms with Crippen LogP contribution in [0.2, 0.25) is 0 Å². The molecule has 24 heavy (non-hydrogen) atoms. The van der Waals surface area contributed by atoms with Gasteiger partial charge in [0.2, 0.25) is 5.91 Å². The molecule has 0 aromatic carbocycles. The van der Waals surface area contributed by atoms with Crippen LogP contribution < -0.4 is 16.0 Å². The molecule has 1 saturated carbocycles. The molecule has 3 N–H and O–H groups in total. The molecule has 0 saturated heterocycles. The maximum Gasteiger partial charge on any atom is 0.286 e. The SMILES string of the molecule is Cl.O=C(CCNC(=O)c1ccco1)NCCNC1CCCCCC1. The summed E-state index contributed by atoms with van der Waals surface area (Å²) in [6.07, 6.45) is 9.51. The van der Waals surface area contributed by atoms with Gasteiger partial charge in [0.1, 0.15) is 0 Å². The number of hydrogen-bond donors (Lipinski definition) is 3. The Labute approximate surface area is 149 Å². The number of rotatable bonds is 8. The zero-order valence-corrected chi connectivity index (χ0v) is 14.8. The number of carbonyl (C=O) groups excluding carboxylic acids is 2. The van der Waals surface area contributed by atoms with Crippen LogP contribution in [0.15, 0.2) is 22.8 Å². The highest BCUT2D eigenvalue weighted by molar-refractivity contribution is 5.91. The lowest BCUT2D eigenvalue weighted by molar-refractivity contribution is -0.120. The van der Waals surface area contributed by atoms with Gasteiger partial charge in [-0.25, -0.2) is 0 Å². The fourth-order valence-corrected chi connectivity index (χ4v) is 2.83. The summed E-state index contributed by atoms with van der Waals surface area (Å²) >= 11 is 0. The predicted molar refractivity (Wildman–Crippen MR) is 95.4 cm³/mol. The summed E-state index contributed by atoms with van der Waals surface area (Å²) in [5, 5.41) is 9.04. The first-order valence-corrected chi connectivity index (χ1v) is 8.57. The fraction of sp³-hybridized carbons (Fsp3) is 0.647. The average molecular weight is 358 g/mol. The van der Waals surface area contributed by atoms with Gasteiger partial charge in [0.05, 0.1) is 6.26 Å². The van der Waals surface area contributed by atoms with E-state index >= 15 is 0 Å². The summed E-state index contributed by atoms with van der Waals surface area (Å²) in [7, 11) is 0. The van der Waals surface area contributed by atoms with E-state index in [-0.39, 0.29) is 36.4 Å². The van der Waals surface area contributed by atoms with E-state index in [9.17, 15) is 9.59 Å². The van der Waals surface area contributed by atoms with Crippen molar-refractivity contribution in [1.29, 1.82) is 0 Å². The Morgan fingerprint density at radius 2 is 1.79 bits per heavy atom. The van der Waals surface area contributed by atoms with Gasteiger partial charge in [-0.3, -0.25) is 9.59 Å². The quantitative estimate of drug-likeness (QED) is 0.492. The van der Waals surface area contributed by atoms with E-state index < -0.39 is 0 Å². The van der Waals surface area contributed by atoms with Crippen LogP contribution in [0, 0.1) is 0 Å². The van der Waals surface area contributed by atoms with Crippen molar-refractivity contribution in [2.75, 3.05) is 19.6 Å². The van der Waals surface area contributed by atoms with Crippen molar-refractivity contribution in [1.82, 2.24) is 16.0 Å². The summed E-state index contributed by atoms with van der Waals surface area (Å²) in [5.41, 5.74) is 0. The molecule has 2 rings (SSSR count). The molecule has 1 aromatic rings. The third-order valence-corrected chi connectivity index (χ3v) is 4.12. The largest absolute Gasteiger partial charge is 0.459 e. The number of carbonyl (C=O) groups is 2. The van der Waals surface area contributed by atoms with Gasteiger partial charge in [-0.05, 0) is 25.0 Å². The Balaban J connectivity index is 0.00000288. The van der Waals surface area contributed by atoms with Crippen molar-refractivity contribution < 1.29 is 14.0 Å². The van der Waals surface area contributed by atoms with Crippen molar-refractivity contribution in [2.45, 2.75) is 51.0 Å². The maximum absolute atomic E-state index is 11.7. The standard InChI is InChI=1S/C17H27N3O3.ClH/c21-16(9-10-20-17(22)15-8-5-13-23-15)19-12-11-18-14-6-3-1-2-4-7-14;/h5,8,13-14,18H,1-4,6-7,9-12H2,(H,19,21)(H,20,22);1H. The van der Waals surface area contributed by atoms with E-state index in [0.29, 0.717) is 19.1 Å². The summed E-state index contributed by atoms with van der Waals surface area (Å²) in [5.74, 6) is -0.0803. The number of halogens is 1. The molecule has 1 aromatic heterocycles. The lowest BCUT2D eigenvalue weighted by Crippen LogP contribution is -2.37. The molecule has 1 aliphatic carbocycles. The minimum absolute atomic E-state index is 0. The van der Waals surface area contributed by atoms with Crippen molar-refractivity contribution >= 4 is 24.2 Å². The van der Waals surface area contributed by atoms with Gasteiger partial charge in [0.15, 0.2) is 5.76 Å². The minimum atomic E-state index is -0.294. The van der Waals surface area contributed by atoms with Crippen LogP contribution in [0.5, 0.6) is 0 Å². The molecule has 0 atom stereocenters. The molecule has 1 aliphatic rings. The predicted octanol–water partition coefficient (Wildman–Crippen LogP) is 2.25. The summed E-state index contributed by atoms with van der Waals surface area (Å²) in [4.78, 5) is 23.3. The number of furan rings is 1. The van der Waals surface area contributed by atoms with E-state index in [1.54, 1.807) is 12.1 Å². The van der Waals surface area contributed by atoms with Crippen LogP contribution in [0.25, 0.3) is 0 Å². The Hall–Kier alpha value is -1.53. The second-order valence-corrected chi connectivity index (χ2v) is 5.98. The van der Waals surface area contributed by atoms with Crippen LogP contribution in [0.1, 0.15) is 55.5 Å². The van der Waals surface area contributed by atoms with E-state index in [1.165, 1.54) is 44.8 Å². The van der Waals surface area contributed by atoms with Gasteiger partial charge in [-0.1, -0.05) is 25.7 Å². The Kier molecular flexibility index (Phi) is 10.2. The van der Waals surface area contributed by atoms with E-state index in [1.807, 2.05) is 0 Å². The third-order valence-electron chi connectivity index (χ3n) is 4.12. The lowest BCUT2D eigenvalue weighted by Gasteiger charge is -2.16. The highest BCUT2D eigenvalue weighted by Crippen LogP contribution is 2.16. The lowest BCUT2D eigenvalue weighted by atomic mass is 10.1. The number of amides is 2. The topological polar surface area (TPSA) is 83.4 Å². The highest BCUT2D eigenvalue weighted by Gasteiger charge is 2.11. The smallest absolute Gasteiger partial charge is 0.286 e. The molecule has 6 nitrogen and oxygen atoms in total. The monoisotopic (exact) mass is 357 g/mol. The number of hydrogen-bond acceptors (Lipinski definition) is 4. The van der Waals surface area contributed by atoms with E-state index in [4.69, 9.17) is 4.42 Å². The molecule has 1 heterocycles. The van der Waals surface area contributed by atoms with Crippen molar-refractivity contribution in [2.24, 2.45) is 0 Å². The third kappa shape index (κ3) is 7.84. The average Bonchev–Trinajstić information content (AvgIpc) is 2.96. The first kappa shape index (κ1) is 20.5. The molecule has 0 unspecified atom stereocenters. The van der Waals surface area contributed by atoms with Gasteiger partial charge in [-0.15, -0.1) is 12.4 Å². The zero-order chi connectivity index (χ0) is 16.3. The number of nitrogens with one attached hydrogen (secondary N) is 3. The molecule has 1 fully saturated rings. The molecular weight excluding hydrogens is 330 g/mol. The normalized spacial score (nSPS) is 15.2. The van der Waals surface area contributed by atoms with Gasteiger partial charge < -0.3 is 20.4 Å². The molecule has 0 bridgehead atoms. The highest BCUT2D eigenvalue weighted by atomic mass is 35.5. The second-order valence-electron chi connectivity index (χ2n) is 5.98. The van der Waals surface area contributed by atoms with Gasteiger partial charge in [0, 0.05) is 32.1 Å². The molecule has 0 aliphatic heterocycles. The van der Waals surface area contributed by atoms with Crippen molar-refractivity contribution in [3.8, 4) is 0 Å². The summed E-state index contributed by atoms with van der Waals surface area (Å²) in [6.45, 7) is 1.73. The first-order valence-electron chi connectivity index (χ1n) is 8.57. The minimum Gasteiger partial charge on any atom is -0.459 e. The fourth-order valence-electron chi connectivity index (χ4n) is 2.83. The molecule has 136 valence electrons. The maximum atomic E-state index is 11.7. The van der Waals surface area contributed by atoms with Crippen LogP contribution in [-0.2, 0) is 4.79 Å². The Morgan fingerprint density at radius 1 is 1.04 bits per heavy atom. The molecular formula is C17H28ClN3O3. The first-order chi connectivity index (χ1) is 11.3. The van der Waals surface area contributed by atoms with E-state index in [2.05, 4.69) is 16.0 Å².